The summed E-state index contributed by atoms with van der Waals surface area (Å²) < 4.78 is 1.77. The monoisotopic (exact) mass is 384 g/mol. The van der Waals surface area contributed by atoms with Gasteiger partial charge in [-0.25, -0.2) is 4.52 Å². The molecule has 7 heteroatoms. The predicted molar refractivity (Wildman–Crippen MR) is 110 cm³/mol. The second-order valence-corrected chi connectivity index (χ2v) is 7.11. The van der Waals surface area contributed by atoms with Crippen molar-refractivity contribution in [1.29, 1.82) is 0 Å². The zero-order valence-corrected chi connectivity index (χ0v) is 15.8. The second-order valence-electron chi connectivity index (χ2n) is 7.11. The third-order valence-electron chi connectivity index (χ3n) is 5.24. The molecule has 144 valence electrons. The first-order valence-corrected chi connectivity index (χ1v) is 9.67. The van der Waals surface area contributed by atoms with E-state index in [0.717, 1.165) is 35.4 Å². The highest BCUT2D eigenvalue weighted by atomic mass is 16.2. The van der Waals surface area contributed by atoms with Gasteiger partial charge in [0, 0.05) is 24.6 Å². The highest BCUT2D eigenvalue weighted by Gasteiger charge is 2.33. The van der Waals surface area contributed by atoms with Crippen molar-refractivity contribution in [2.45, 2.75) is 18.9 Å². The van der Waals surface area contributed by atoms with E-state index in [1.165, 1.54) is 0 Å². The molecule has 1 amide bonds. The van der Waals surface area contributed by atoms with Crippen LogP contribution in [-0.2, 0) is 0 Å². The third-order valence-corrected chi connectivity index (χ3v) is 5.24. The number of rotatable bonds is 4. The number of amides is 1. The maximum atomic E-state index is 13.0. The lowest BCUT2D eigenvalue weighted by Gasteiger charge is -2.23. The van der Waals surface area contributed by atoms with Crippen molar-refractivity contribution >= 4 is 22.8 Å². The molecule has 0 radical (unpaired) electrons. The number of anilines is 2. The molecule has 0 bridgehead atoms. The minimum Gasteiger partial charge on any atom is -0.354 e. The summed E-state index contributed by atoms with van der Waals surface area (Å²) in [5.41, 5.74) is 4.29. The van der Waals surface area contributed by atoms with Crippen LogP contribution in [0.1, 0.15) is 34.9 Å². The van der Waals surface area contributed by atoms with Gasteiger partial charge in [-0.2, -0.15) is 0 Å². The standard InChI is InChI=1S/C22H20N6O/c29-22(16-6-4-12-23-14-16)27-13-5-9-19(27)21-20-11-10-18(15-28(20)26-25-21)24-17-7-2-1-3-8-17/h1-4,6-8,10-12,14-15,19,24H,5,9,13H2. The van der Waals surface area contributed by atoms with Crippen LogP contribution in [0.15, 0.2) is 73.2 Å². The first-order valence-electron chi connectivity index (χ1n) is 9.67. The maximum absolute atomic E-state index is 13.0. The Morgan fingerprint density at radius 2 is 1.93 bits per heavy atom. The molecule has 1 aromatic carbocycles. The molecule has 0 spiro atoms. The molecule has 1 N–H and O–H groups in total. The topological polar surface area (TPSA) is 75.4 Å². The fourth-order valence-corrected chi connectivity index (χ4v) is 3.86. The summed E-state index contributed by atoms with van der Waals surface area (Å²) in [6.45, 7) is 0.713. The Morgan fingerprint density at radius 1 is 1.03 bits per heavy atom. The molecule has 3 aromatic heterocycles. The molecule has 1 saturated heterocycles. The first kappa shape index (κ1) is 17.4. The number of aromatic nitrogens is 4. The van der Waals surface area contributed by atoms with Crippen LogP contribution in [-0.4, -0.2) is 37.2 Å². The molecule has 1 aliphatic heterocycles. The molecule has 1 aliphatic rings. The normalized spacial score (nSPS) is 16.3. The fraction of sp³-hybridized carbons (Fsp3) is 0.182. The van der Waals surface area contributed by atoms with E-state index in [4.69, 9.17) is 0 Å². The van der Waals surface area contributed by atoms with Gasteiger partial charge >= 0.3 is 0 Å². The number of hydrogen-bond donors (Lipinski definition) is 1. The summed E-state index contributed by atoms with van der Waals surface area (Å²) in [5, 5.41) is 12.1. The molecule has 5 rings (SSSR count). The number of para-hydroxylation sites is 1. The number of fused-ring (bicyclic) bond motifs is 1. The Kier molecular flexibility index (Phi) is 4.40. The molecule has 29 heavy (non-hydrogen) atoms. The number of likely N-dealkylation sites (tertiary alicyclic amines) is 1. The summed E-state index contributed by atoms with van der Waals surface area (Å²) in [5.74, 6) is -0.0101. The zero-order valence-electron chi connectivity index (χ0n) is 15.8. The largest absolute Gasteiger partial charge is 0.354 e. The minimum atomic E-state index is -0.0758. The van der Waals surface area contributed by atoms with Gasteiger partial charge in [0.2, 0.25) is 0 Å². The number of carbonyl (C=O) groups is 1. The van der Waals surface area contributed by atoms with E-state index in [-0.39, 0.29) is 11.9 Å². The number of benzene rings is 1. The molecular formula is C22H20N6O. The van der Waals surface area contributed by atoms with Crippen LogP contribution >= 0.6 is 0 Å². The van der Waals surface area contributed by atoms with Crippen molar-refractivity contribution in [2.75, 3.05) is 11.9 Å². The molecule has 1 fully saturated rings. The molecular weight excluding hydrogens is 364 g/mol. The Labute approximate surface area is 168 Å². The lowest BCUT2D eigenvalue weighted by Crippen LogP contribution is -2.30. The predicted octanol–water partition coefficient (Wildman–Crippen LogP) is 3.85. The second kappa shape index (κ2) is 7.35. The van der Waals surface area contributed by atoms with E-state index in [0.29, 0.717) is 12.1 Å². The van der Waals surface area contributed by atoms with Crippen molar-refractivity contribution in [3.05, 3.63) is 84.4 Å². The lowest BCUT2D eigenvalue weighted by atomic mass is 10.1. The third kappa shape index (κ3) is 3.31. The zero-order chi connectivity index (χ0) is 19.6. The Balaban J connectivity index is 1.43. The van der Waals surface area contributed by atoms with Gasteiger partial charge in [0.25, 0.3) is 5.91 Å². The van der Waals surface area contributed by atoms with Crippen molar-refractivity contribution in [1.82, 2.24) is 24.7 Å². The minimum absolute atomic E-state index is 0.0101. The van der Waals surface area contributed by atoms with Gasteiger partial charge in [-0.1, -0.05) is 23.4 Å². The molecule has 0 aliphatic carbocycles. The number of hydrogen-bond acceptors (Lipinski definition) is 5. The van der Waals surface area contributed by atoms with E-state index in [2.05, 4.69) is 20.6 Å². The quantitative estimate of drug-likeness (QED) is 0.578. The highest BCUT2D eigenvalue weighted by Crippen LogP contribution is 2.34. The molecule has 1 atom stereocenters. The lowest BCUT2D eigenvalue weighted by molar-refractivity contribution is 0.0733. The van der Waals surface area contributed by atoms with Crippen LogP contribution in [0.5, 0.6) is 0 Å². The van der Waals surface area contributed by atoms with Crippen LogP contribution in [0.4, 0.5) is 11.4 Å². The van der Waals surface area contributed by atoms with Crippen molar-refractivity contribution < 1.29 is 4.79 Å². The average molecular weight is 384 g/mol. The van der Waals surface area contributed by atoms with Gasteiger partial charge < -0.3 is 10.2 Å². The Hall–Kier alpha value is -3.74. The molecule has 7 nitrogen and oxygen atoms in total. The molecule has 4 heterocycles. The summed E-state index contributed by atoms with van der Waals surface area (Å²) in [4.78, 5) is 18.9. The highest BCUT2D eigenvalue weighted by molar-refractivity contribution is 5.94. The van der Waals surface area contributed by atoms with Crippen LogP contribution in [0.2, 0.25) is 0 Å². The van der Waals surface area contributed by atoms with Gasteiger partial charge in [-0.05, 0) is 49.2 Å². The fourth-order valence-electron chi connectivity index (χ4n) is 3.86. The summed E-state index contributed by atoms with van der Waals surface area (Å²) >= 11 is 0. The number of carbonyl (C=O) groups excluding carboxylic acids is 1. The first-order chi connectivity index (χ1) is 14.3. The van der Waals surface area contributed by atoms with E-state index < -0.39 is 0 Å². The summed E-state index contributed by atoms with van der Waals surface area (Å²) in [6.07, 6.45) is 7.03. The number of nitrogens with one attached hydrogen (secondary N) is 1. The van der Waals surface area contributed by atoms with E-state index in [1.54, 1.807) is 29.0 Å². The van der Waals surface area contributed by atoms with Crippen molar-refractivity contribution in [3.63, 3.8) is 0 Å². The van der Waals surface area contributed by atoms with Crippen LogP contribution < -0.4 is 5.32 Å². The Bertz CT molecular complexity index is 1140. The van der Waals surface area contributed by atoms with Crippen molar-refractivity contribution in [2.24, 2.45) is 0 Å². The number of nitrogens with zero attached hydrogens (tertiary/aromatic N) is 5. The van der Waals surface area contributed by atoms with Gasteiger partial charge in [0.15, 0.2) is 0 Å². The molecule has 1 unspecified atom stereocenters. The van der Waals surface area contributed by atoms with Gasteiger partial charge in [0.1, 0.15) is 5.69 Å². The maximum Gasteiger partial charge on any atom is 0.255 e. The Morgan fingerprint density at radius 3 is 2.76 bits per heavy atom. The van der Waals surface area contributed by atoms with Crippen molar-refractivity contribution in [3.8, 4) is 0 Å². The molecule has 0 saturated carbocycles. The SMILES string of the molecule is O=C(c1cccnc1)N1CCCC1c1nnn2cc(Nc3ccccc3)ccc12. The van der Waals surface area contributed by atoms with Crippen LogP contribution in [0.25, 0.3) is 5.52 Å². The van der Waals surface area contributed by atoms with E-state index in [1.807, 2.05) is 53.6 Å². The summed E-state index contributed by atoms with van der Waals surface area (Å²) in [6, 6.07) is 17.5. The van der Waals surface area contributed by atoms with Gasteiger partial charge in [0.05, 0.1) is 29.0 Å². The number of pyridine rings is 2. The van der Waals surface area contributed by atoms with E-state index >= 15 is 0 Å². The smallest absolute Gasteiger partial charge is 0.255 e. The molecule has 4 aromatic rings. The van der Waals surface area contributed by atoms with Crippen LogP contribution in [0.3, 0.4) is 0 Å². The summed E-state index contributed by atoms with van der Waals surface area (Å²) in [7, 11) is 0. The van der Waals surface area contributed by atoms with Crippen LogP contribution in [0, 0.1) is 0 Å². The average Bonchev–Trinajstić information content (AvgIpc) is 3.41. The van der Waals surface area contributed by atoms with Gasteiger partial charge in [-0.15, -0.1) is 5.10 Å². The van der Waals surface area contributed by atoms with E-state index in [9.17, 15) is 4.79 Å². The van der Waals surface area contributed by atoms with Gasteiger partial charge in [-0.3, -0.25) is 9.78 Å².